The lowest BCUT2D eigenvalue weighted by molar-refractivity contribution is 0.631. The Bertz CT molecular complexity index is 2300. The van der Waals surface area contributed by atoms with Gasteiger partial charge in [-0.15, -0.1) is 0 Å². The molecule has 1 aromatic heterocycles. The maximum absolute atomic E-state index is 15.4. The van der Waals surface area contributed by atoms with Crippen molar-refractivity contribution in [3.05, 3.63) is 121 Å². The minimum absolute atomic E-state index is 0.210. The highest BCUT2D eigenvalue weighted by Crippen LogP contribution is 2.54. The van der Waals surface area contributed by atoms with Crippen LogP contribution in [0.3, 0.4) is 0 Å². The first kappa shape index (κ1) is 20.1. The first-order valence-electron chi connectivity index (χ1n) is 12.9. The summed E-state index contributed by atoms with van der Waals surface area (Å²) in [6.07, 6.45) is 0. The molecule has 1 nitrogen and oxygen atoms in total. The van der Waals surface area contributed by atoms with E-state index in [0.29, 0.717) is 5.56 Å². The molecule has 0 aliphatic heterocycles. The van der Waals surface area contributed by atoms with E-state index in [9.17, 15) is 0 Å². The normalized spacial score (nSPS) is 12.3. The fourth-order valence-corrected chi connectivity index (χ4v) is 6.76. The highest BCUT2D eigenvalue weighted by molar-refractivity contribution is 6.34. The lowest BCUT2D eigenvalue weighted by Crippen LogP contribution is -1.93. The van der Waals surface area contributed by atoms with Crippen LogP contribution in [0.1, 0.15) is 0 Å². The predicted octanol–water partition coefficient (Wildman–Crippen LogP) is 10.5. The fraction of sp³-hybridized carbons (Fsp3) is 0. The maximum atomic E-state index is 15.4. The Labute approximate surface area is 217 Å². The van der Waals surface area contributed by atoms with Gasteiger partial charge in [-0.25, -0.2) is 4.39 Å². The maximum Gasteiger partial charge on any atom is 0.143 e. The van der Waals surface area contributed by atoms with Crippen LogP contribution in [-0.4, -0.2) is 0 Å². The third kappa shape index (κ3) is 2.40. The van der Waals surface area contributed by atoms with E-state index in [1.807, 2.05) is 18.2 Å². The standard InChI is InChI=1S/C36H19FO/c37-29-17-6-5-13-25(29)31-22-11-3-4-12-23(22)32-27-16-8-18-30-34(27)35-28(24-14-7-15-26(31)33(24)32)19-20-9-1-2-10-21(20)36(35)38-30/h1-19H. The lowest BCUT2D eigenvalue weighted by Gasteiger charge is -2.19. The van der Waals surface area contributed by atoms with Gasteiger partial charge in [-0.2, -0.15) is 0 Å². The molecule has 1 aliphatic carbocycles. The SMILES string of the molecule is Fc1ccccc1-c1c2ccccc2c2c3c(cccc13)-c1cc3ccccc3c3oc4cccc-2c4c13. The van der Waals surface area contributed by atoms with Gasteiger partial charge in [0, 0.05) is 27.3 Å². The second-order valence-electron chi connectivity index (χ2n) is 10.1. The summed E-state index contributed by atoms with van der Waals surface area (Å²) in [5, 5.41) is 8.93. The van der Waals surface area contributed by atoms with Crippen LogP contribution < -0.4 is 0 Å². The molecule has 7 aromatic carbocycles. The first-order valence-corrected chi connectivity index (χ1v) is 12.9. The van der Waals surface area contributed by atoms with Gasteiger partial charge in [-0.3, -0.25) is 0 Å². The zero-order valence-corrected chi connectivity index (χ0v) is 20.3. The molecule has 0 saturated carbocycles. The number of benzene rings is 7. The highest BCUT2D eigenvalue weighted by Gasteiger charge is 2.28. The number of fused-ring (bicyclic) bond motifs is 6. The molecule has 0 amide bonds. The van der Waals surface area contributed by atoms with Crippen LogP contribution in [0.4, 0.5) is 4.39 Å². The van der Waals surface area contributed by atoms with E-state index >= 15 is 4.39 Å². The number of hydrogen-bond acceptors (Lipinski definition) is 1. The van der Waals surface area contributed by atoms with Crippen molar-refractivity contribution in [2.75, 3.05) is 0 Å². The van der Waals surface area contributed by atoms with Gasteiger partial charge in [0.2, 0.25) is 0 Å². The fourth-order valence-electron chi connectivity index (χ4n) is 6.76. The van der Waals surface area contributed by atoms with Crippen molar-refractivity contribution in [3.8, 4) is 33.4 Å². The van der Waals surface area contributed by atoms with Crippen LogP contribution in [0.25, 0.3) is 87.6 Å². The molecule has 0 N–H and O–H groups in total. The average Bonchev–Trinajstić information content (AvgIpc) is 3.30. The second-order valence-corrected chi connectivity index (χ2v) is 10.1. The van der Waals surface area contributed by atoms with E-state index in [0.717, 1.165) is 76.5 Å². The summed E-state index contributed by atoms with van der Waals surface area (Å²) in [6.45, 7) is 0. The summed E-state index contributed by atoms with van der Waals surface area (Å²) >= 11 is 0. The van der Waals surface area contributed by atoms with Crippen LogP contribution in [-0.2, 0) is 0 Å². The van der Waals surface area contributed by atoms with Crippen LogP contribution in [0, 0.1) is 5.82 Å². The number of hydrogen-bond donors (Lipinski definition) is 0. The third-order valence-corrected chi connectivity index (χ3v) is 8.24. The van der Waals surface area contributed by atoms with Crippen molar-refractivity contribution in [1.82, 2.24) is 0 Å². The molecule has 0 fully saturated rings. The van der Waals surface area contributed by atoms with Crippen LogP contribution in [0.5, 0.6) is 0 Å². The van der Waals surface area contributed by atoms with Gasteiger partial charge < -0.3 is 4.42 Å². The zero-order chi connectivity index (χ0) is 25.0. The molecule has 2 heteroatoms. The van der Waals surface area contributed by atoms with E-state index in [1.54, 1.807) is 12.1 Å². The van der Waals surface area contributed by atoms with E-state index < -0.39 is 0 Å². The molecule has 176 valence electrons. The second kappa shape index (κ2) is 7.08. The summed E-state index contributed by atoms with van der Waals surface area (Å²) < 4.78 is 22.0. The van der Waals surface area contributed by atoms with Crippen molar-refractivity contribution in [2.45, 2.75) is 0 Å². The Hall–Kier alpha value is -4.95. The molecule has 38 heavy (non-hydrogen) atoms. The number of furan rings is 1. The Morgan fingerprint density at radius 1 is 0.447 bits per heavy atom. The highest BCUT2D eigenvalue weighted by atomic mass is 19.1. The quantitative estimate of drug-likeness (QED) is 0.210. The van der Waals surface area contributed by atoms with E-state index in [4.69, 9.17) is 4.42 Å². The summed E-state index contributed by atoms with van der Waals surface area (Å²) in [4.78, 5) is 0. The smallest absolute Gasteiger partial charge is 0.143 e. The molecule has 0 unspecified atom stereocenters. The number of halogens is 1. The molecule has 0 atom stereocenters. The molecule has 0 radical (unpaired) electrons. The summed E-state index contributed by atoms with van der Waals surface area (Å²) in [6, 6.07) is 39.1. The Kier molecular flexibility index (Phi) is 3.76. The number of rotatable bonds is 1. The molecule has 1 aliphatic rings. The Morgan fingerprint density at radius 2 is 1.11 bits per heavy atom. The van der Waals surface area contributed by atoms with E-state index in [2.05, 4.69) is 84.9 Å². The van der Waals surface area contributed by atoms with Gasteiger partial charge in [-0.1, -0.05) is 97.1 Å². The lowest BCUT2D eigenvalue weighted by atomic mass is 9.84. The predicted molar refractivity (Wildman–Crippen MR) is 156 cm³/mol. The average molecular weight is 487 g/mol. The molecular weight excluding hydrogens is 467 g/mol. The first-order chi connectivity index (χ1) is 18.8. The zero-order valence-electron chi connectivity index (χ0n) is 20.3. The van der Waals surface area contributed by atoms with Gasteiger partial charge in [0.05, 0.1) is 0 Å². The molecule has 8 aromatic rings. The molecule has 0 spiro atoms. The third-order valence-electron chi connectivity index (χ3n) is 8.24. The topological polar surface area (TPSA) is 13.1 Å². The van der Waals surface area contributed by atoms with Crippen molar-refractivity contribution in [1.29, 1.82) is 0 Å². The van der Waals surface area contributed by atoms with Gasteiger partial charge in [0.15, 0.2) is 0 Å². The molecule has 1 heterocycles. The summed E-state index contributed by atoms with van der Waals surface area (Å²) in [5.41, 5.74) is 8.01. The van der Waals surface area contributed by atoms with Gasteiger partial charge in [-0.05, 0) is 67.4 Å². The monoisotopic (exact) mass is 486 g/mol. The summed E-state index contributed by atoms with van der Waals surface area (Å²) in [5.74, 6) is -0.210. The minimum Gasteiger partial charge on any atom is -0.455 e. The minimum atomic E-state index is -0.210. The summed E-state index contributed by atoms with van der Waals surface area (Å²) in [7, 11) is 0. The largest absolute Gasteiger partial charge is 0.455 e. The van der Waals surface area contributed by atoms with Crippen molar-refractivity contribution < 1.29 is 8.81 Å². The van der Waals surface area contributed by atoms with Crippen molar-refractivity contribution >= 4 is 54.3 Å². The van der Waals surface area contributed by atoms with Gasteiger partial charge in [0.1, 0.15) is 17.0 Å². The molecule has 0 saturated heterocycles. The molecule has 0 bridgehead atoms. The van der Waals surface area contributed by atoms with Gasteiger partial charge in [0.25, 0.3) is 0 Å². The Morgan fingerprint density at radius 3 is 1.97 bits per heavy atom. The van der Waals surface area contributed by atoms with Crippen LogP contribution in [0.2, 0.25) is 0 Å². The molecular formula is C36H19FO. The van der Waals surface area contributed by atoms with Crippen LogP contribution >= 0.6 is 0 Å². The van der Waals surface area contributed by atoms with E-state index in [-0.39, 0.29) is 5.82 Å². The van der Waals surface area contributed by atoms with Crippen molar-refractivity contribution in [3.63, 3.8) is 0 Å². The Balaban J connectivity index is 1.62. The molecule has 9 rings (SSSR count). The van der Waals surface area contributed by atoms with Crippen LogP contribution in [0.15, 0.2) is 120 Å². The van der Waals surface area contributed by atoms with E-state index in [1.165, 1.54) is 5.56 Å². The van der Waals surface area contributed by atoms with Gasteiger partial charge >= 0.3 is 0 Å². The van der Waals surface area contributed by atoms with Crippen molar-refractivity contribution in [2.24, 2.45) is 0 Å².